The molecule has 2 aliphatic rings. The van der Waals surface area contributed by atoms with Gasteiger partial charge in [0.25, 0.3) is 0 Å². The van der Waals surface area contributed by atoms with Gasteiger partial charge in [0.15, 0.2) is 0 Å². The van der Waals surface area contributed by atoms with Gasteiger partial charge in [-0.1, -0.05) is 6.42 Å². The fourth-order valence-electron chi connectivity index (χ4n) is 4.29. The third-order valence-corrected chi connectivity index (χ3v) is 7.03. The van der Waals surface area contributed by atoms with Crippen LogP contribution in [0, 0.1) is 17.8 Å². The van der Waals surface area contributed by atoms with Crippen molar-refractivity contribution < 1.29 is 17.9 Å². The first kappa shape index (κ1) is 17.4. The molecular weight excluding hydrogens is 326 g/mol. The number of esters is 1. The Hall–Kier alpha value is -1.40. The van der Waals surface area contributed by atoms with Gasteiger partial charge in [-0.3, -0.25) is 0 Å². The number of sulfonamides is 1. The summed E-state index contributed by atoms with van der Waals surface area (Å²) in [5, 5.41) is 0. The average Bonchev–Trinajstić information content (AvgIpc) is 3.18. The molecule has 24 heavy (non-hydrogen) atoms. The molecule has 0 aliphatic heterocycles. The van der Waals surface area contributed by atoms with Crippen molar-refractivity contribution in [3.05, 3.63) is 29.8 Å². The van der Waals surface area contributed by atoms with Gasteiger partial charge in [-0.15, -0.1) is 0 Å². The zero-order valence-electron chi connectivity index (χ0n) is 14.2. The van der Waals surface area contributed by atoms with Crippen LogP contribution in [0.15, 0.2) is 29.2 Å². The van der Waals surface area contributed by atoms with Gasteiger partial charge in [-0.25, -0.2) is 17.9 Å². The second-order valence-corrected chi connectivity index (χ2v) is 8.71. The first-order valence-corrected chi connectivity index (χ1v) is 10.2. The van der Waals surface area contributed by atoms with E-state index in [0.717, 1.165) is 12.3 Å². The molecule has 5 nitrogen and oxygen atoms in total. The molecule has 0 amide bonds. The minimum Gasteiger partial charge on any atom is -0.462 e. The quantitative estimate of drug-likeness (QED) is 0.800. The Kier molecular flexibility index (Phi) is 4.97. The molecule has 1 aromatic carbocycles. The number of hydrogen-bond acceptors (Lipinski definition) is 4. The predicted molar refractivity (Wildman–Crippen MR) is 91.1 cm³/mol. The van der Waals surface area contributed by atoms with E-state index in [-0.39, 0.29) is 10.9 Å². The van der Waals surface area contributed by atoms with E-state index in [1.165, 1.54) is 43.5 Å². The van der Waals surface area contributed by atoms with Gasteiger partial charge < -0.3 is 4.74 Å². The summed E-state index contributed by atoms with van der Waals surface area (Å²) in [6, 6.07) is 5.85. The number of carbonyl (C=O) groups excluding carboxylic acids is 1. The van der Waals surface area contributed by atoms with Gasteiger partial charge in [0.05, 0.1) is 17.1 Å². The van der Waals surface area contributed by atoms with Crippen molar-refractivity contribution in [2.75, 3.05) is 6.61 Å². The Morgan fingerprint density at radius 3 is 2.50 bits per heavy atom. The summed E-state index contributed by atoms with van der Waals surface area (Å²) in [5.74, 6) is 1.46. The fraction of sp³-hybridized carbons (Fsp3) is 0.611. The van der Waals surface area contributed by atoms with E-state index in [2.05, 4.69) is 4.72 Å². The van der Waals surface area contributed by atoms with Crippen molar-refractivity contribution in [1.29, 1.82) is 0 Å². The molecule has 0 heterocycles. The second-order valence-electron chi connectivity index (χ2n) is 6.99. The standard InChI is InChI=1S/C18H25NO4S/c1-3-23-18(20)14-6-8-16(9-7-14)24(21,22)19-12(2)17-11-13-4-5-15(17)10-13/h6-9,12-13,15,17,19H,3-5,10-11H2,1-2H3. The van der Waals surface area contributed by atoms with Gasteiger partial charge in [-0.2, -0.15) is 0 Å². The summed E-state index contributed by atoms with van der Waals surface area (Å²) in [7, 11) is -3.57. The number of rotatable bonds is 6. The Bertz CT molecular complexity index is 698. The maximum Gasteiger partial charge on any atom is 0.338 e. The summed E-state index contributed by atoms with van der Waals surface area (Å²) in [5.41, 5.74) is 0.358. The first-order chi connectivity index (χ1) is 11.4. The highest BCUT2D eigenvalue weighted by Gasteiger charge is 2.42. The van der Waals surface area contributed by atoms with E-state index in [0.29, 0.717) is 24.0 Å². The minimum absolute atomic E-state index is 0.0602. The van der Waals surface area contributed by atoms with E-state index in [1.807, 2.05) is 6.92 Å². The van der Waals surface area contributed by atoms with Crippen molar-refractivity contribution >= 4 is 16.0 Å². The van der Waals surface area contributed by atoms with Crippen molar-refractivity contribution in [2.24, 2.45) is 17.8 Å². The van der Waals surface area contributed by atoms with Crippen LogP contribution in [0.4, 0.5) is 0 Å². The molecule has 0 saturated heterocycles. The average molecular weight is 351 g/mol. The van der Waals surface area contributed by atoms with Crippen LogP contribution in [-0.2, 0) is 14.8 Å². The Morgan fingerprint density at radius 2 is 1.96 bits per heavy atom. The zero-order chi connectivity index (χ0) is 17.3. The zero-order valence-corrected chi connectivity index (χ0v) is 15.0. The highest BCUT2D eigenvalue weighted by molar-refractivity contribution is 7.89. The number of fused-ring (bicyclic) bond motifs is 2. The van der Waals surface area contributed by atoms with Crippen LogP contribution in [-0.4, -0.2) is 27.0 Å². The molecule has 6 heteroatoms. The smallest absolute Gasteiger partial charge is 0.338 e. The molecule has 132 valence electrons. The molecule has 4 unspecified atom stereocenters. The molecule has 3 rings (SSSR count). The maximum atomic E-state index is 12.6. The lowest BCUT2D eigenvalue weighted by molar-refractivity contribution is 0.0526. The van der Waals surface area contributed by atoms with Crippen LogP contribution in [0.1, 0.15) is 49.9 Å². The lowest BCUT2D eigenvalue weighted by Gasteiger charge is -2.28. The van der Waals surface area contributed by atoms with Crippen LogP contribution in [0.3, 0.4) is 0 Å². The topological polar surface area (TPSA) is 72.5 Å². The summed E-state index contributed by atoms with van der Waals surface area (Å²) in [6.07, 6.45) is 4.92. The molecule has 2 saturated carbocycles. The summed E-state index contributed by atoms with van der Waals surface area (Å²) in [4.78, 5) is 11.8. The van der Waals surface area contributed by atoms with E-state index < -0.39 is 16.0 Å². The number of nitrogens with one attached hydrogen (secondary N) is 1. The van der Waals surface area contributed by atoms with Gasteiger partial charge in [0.2, 0.25) is 10.0 Å². The second kappa shape index (κ2) is 6.84. The van der Waals surface area contributed by atoms with Crippen LogP contribution < -0.4 is 4.72 Å². The van der Waals surface area contributed by atoms with Gasteiger partial charge in [0.1, 0.15) is 0 Å². The van der Waals surface area contributed by atoms with Crippen LogP contribution in [0.5, 0.6) is 0 Å². The van der Waals surface area contributed by atoms with Crippen molar-refractivity contribution in [1.82, 2.24) is 4.72 Å². The molecule has 2 fully saturated rings. The molecule has 2 aliphatic carbocycles. The lowest BCUT2D eigenvalue weighted by atomic mass is 9.84. The third kappa shape index (κ3) is 3.49. The van der Waals surface area contributed by atoms with Crippen molar-refractivity contribution in [3.8, 4) is 0 Å². The van der Waals surface area contributed by atoms with E-state index >= 15 is 0 Å². The maximum absolute atomic E-state index is 12.6. The molecule has 2 bridgehead atoms. The predicted octanol–water partition coefficient (Wildman–Crippen LogP) is 2.97. The molecule has 0 aromatic heterocycles. The molecular formula is C18H25NO4S. The van der Waals surface area contributed by atoms with Crippen LogP contribution >= 0.6 is 0 Å². The number of hydrogen-bond donors (Lipinski definition) is 1. The Morgan fingerprint density at radius 1 is 1.25 bits per heavy atom. The van der Waals surface area contributed by atoms with Crippen molar-refractivity contribution in [2.45, 2.75) is 50.5 Å². The van der Waals surface area contributed by atoms with E-state index in [4.69, 9.17) is 4.74 Å². The molecule has 1 N–H and O–H groups in total. The normalized spacial score (nSPS) is 27.2. The Balaban J connectivity index is 1.67. The highest BCUT2D eigenvalue weighted by Crippen LogP contribution is 2.49. The van der Waals surface area contributed by atoms with E-state index in [1.54, 1.807) is 6.92 Å². The lowest BCUT2D eigenvalue weighted by Crippen LogP contribution is -2.40. The first-order valence-electron chi connectivity index (χ1n) is 8.70. The number of ether oxygens (including phenoxy) is 1. The van der Waals surface area contributed by atoms with Crippen LogP contribution in [0.2, 0.25) is 0 Å². The Labute approximate surface area is 143 Å². The van der Waals surface area contributed by atoms with Gasteiger partial charge in [-0.05, 0) is 75.1 Å². The number of carbonyl (C=O) groups is 1. The van der Waals surface area contributed by atoms with E-state index in [9.17, 15) is 13.2 Å². The molecule has 1 aromatic rings. The number of benzene rings is 1. The summed E-state index contributed by atoms with van der Waals surface area (Å²) < 4.78 is 32.9. The fourth-order valence-corrected chi connectivity index (χ4v) is 5.59. The summed E-state index contributed by atoms with van der Waals surface area (Å²) in [6.45, 7) is 4.00. The monoisotopic (exact) mass is 351 g/mol. The minimum atomic E-state index is -3.57. The summed E-state index contributed by atoms with van der Waals surface area (Å²) >= 11 is 0. The van der Waals surface area contributed by atoms with Gasteiger partial charge >= 0.3 is 5.97 Å². The van der Waals surface area contributed by atoms with Gasteiger partial charge in [0, 0.05) is 6.04 Å². The highest BCUT2D eigenvalue weighted by atomic mass is 32.2. The third-order valence-electron chi connectivity index (χ3n) is 5.45. The molecule has 0 radical (unpaired) electrons. The molecule has 4 atom stereocenters. The largest absolute Gasteiger partial charge is 0.462 e. The molecule has 0 spiro atoms. The SMILES string of the molecule is CCOC(=O)c1ccc(S(=O)(=O)NC(C)C2CC3CCC2C3)cc1. The van der Waals surface area contributed by atoms with Crippen LogP contribution in [0.25, 0.3) is 0 Å². The van der Waals surface area contributed by atoms with Crippen molar-refractivity contribution in [3.63, 3.8) is 0 Å².